The van der Waals surface area contributed by atoms with Gasteiger partial charge in [0, 0.05) is 19.6 Å². The van der Waals surface area contributed by atoms with Gasteiger partial charge in [0.25, 0.3) is 11.8 Å². The molecule has 2 aliphatic heterocycles. The molecule has 0 aliphatic carbocycles. The summed E-state index contributed by atoms with van der Waals surface area (Å²) in [5, 5.41) is 0. The van der Waals surface area contributed by atoms with Gasteiger partial charge in [-0.3, -0.25) is 14.5 Å². The molecule has 0 unspecified atom stereocenters. The van der Waals surface area contributed by atoms with E-state index in [9.17, 15) is 14.0 Å². The van der Waals surface area contributed by atoms with Gasteiger partial charge in [-0.2, -0.15) is 0 Å². The quantitative estimate of drug-likeness (QED) is 0.522. The van der Waals surface area contributed by atoms with Crippen molar-refractivity contribution in [3.8, 4) is 5.75 Å². The average molecular weight is 457 g/mol. The minimum Gasteiger partial charge on any atom is -0.497 e. The van der Waals surface area contributed by atoms with Crippen LogP contribution in [0.2, 0.25) is 0 Å². The van der Waals surface area contributed by atoms with E-state index in [-0.39, 0.29) is 24.2 Å². The van der Waals surface area contributed by atoms with Gasteiger partial charge in [-0.05, 0) is 59.4 Å². The lowest BCUT2D eigenvalue weighted by Crippen LogP contribution is -2.38. The molecule has 0 aromatic heterocycles. The Bertz CT molecular complexity index is 1270. The normalized spacial score (nSPS) is 15.7. The van der Waals surface area contributed by atoms with E-state index in [4.69, 9.17) is 4.74 Å². The third kappa shape index (κ3) is 4.07. The second-order valence-corrected chi connectivity index (χ2v) is 8.53. The number of ether oxygens (including phenoxy) is 1. The summed E-state index contributed by atoms with van der Waals surface area (Å²) in [4.78, 5) is 30.5. The molecule has 172 valence electrons. The molecular formula is C28H25FN2O3. The molecule has 34 heavy (non-hydrogen) atoms. The summed E-state index contributed by atoms with van der Waals surface area (Å²) < 4.78 is 18.8. The molecule has 3 aromatic carbocycles. The highest BCUT2D eigenvalue weighted by molar-refractivity contribution is 6.35. The number of methoxy groups -OCH3 is 1. The van der Waals surface area contributed by atoms with E-state index in [1.807, 2.05) is 41.3 Å². The maximum absolute atomic E-state index is 13.6. The van der Waals surface area contributed by atoms with Crippen LogP contribution >= 0.6 is 0 Å². The van der Waals surface area contributed by atoms with Crippen LogP contribution in [0.1, 0.15) is 22.3 Å². The van der Waals surface area contributed by atoms with Crippen LogP contribution in [-0.2, 0) is 29.0 Å². The van der Waals surface area contributed by atoms with Crippen molar-refractivity contribution in [1.29, 1.82) is 0 Å². The van der Waals surface area contributed by atoms with Gasteiger partial charge < -0.3 is 9.64 Å². The van der Waals surface area contributed by atoms with Crippen molar-refractivity contribution in [1.82, 2.24) is 9.80 Å². The van der Waals surface area contributed by atoms with E-state index in [0.717, 1.165) is 23.3 Å². The number of benzene rings is 3. The molecule has 0 spiro atoms. The van der Waals surface area contributed by atoms with Crippen LogP contribution in [0.3, 0.4) is 0 Å². The van der Waals surface area contributed by atoms with Gasteiger partial charge in [0.05, 0.1) is 12.7 Å². The van der Waals surface area contributed by atoms with Crippen LogP contribution in [0.5, 0.6) is 5.75 Å². The minimum absolute atomic E-state index is 0.266. The number of carbonyl (C=O) groups is 2. The molecule has 0 saturated carbocycles. The highest BCUT2D eigenvalue weighted by Crippen LogP contribution is 2.34. The lowest BCUT2D eigenvalue weighted by Gasteiger charge is -2.31. The Hall–Kier alpha value is -3.93. The van der Waals surface area contributed by atoms with E-state index in [0.29, 0.717) is 36.3 Å². The van der Waals surface area contributed by atoms with E-state index in [2.05, 4.69) is 12.1 Å². The number of hydrogen-bond donors (Lipinski definition) is 0. The Balaban J connectivity index is 1.46. The predicted octanol–water partition coefficient (Wildman–Crippen LogP) is 4.22. The Morgan fingerprint density at radius 1 is 0.882 bits per heavy atom. The summed E-state index contributed by atoms with van der Waals surface area (Å²) in [6.07, 6.45) is 1.33. The monoisotopic (exact) mass is 456 g/mol. The van der Waals surface area contributed by atoms with E-state index in [1.54, 1.807) is 19.2 Å². The van der Waals surface area contributed by atoms with Crippen LogP contribution in [0.25, 0.3) is 5.57 Å². The zero-order valence-electron chi connectivity index (χ0n) is 19.0. The Morgan fingerprint density at radius 2 is 1.59 bits per heavy atom. The van der Waals surface area contributed by atoms with Crippen molar-refractivity contribution in [3.05, 3.63) is 107 Å². The maximum atomic E-state index is 13.6. The van der Waals surface area contributed by atoms with E-state index >= 15 is 0 Å². The second-order valence-electron chi connectivity index (χ2n) is 8.53. The van der Waals surface area contributed by atoms with Gasteiger partial charge in [0.1, 0.15) is 17.3 Å². The molecule has 0 saturated heterocycles. The fourth-order valence-electron chi connectivity index (χ4n) is 4.66. The Morgan fingerprint density at radius 3 is 2.29 bits per heavy atom. The number of hydrogen-bond acceptors (Lipinski definition) is 4. The second kappa shape index (κ2) is 9.14. The standard InChI is InChI=1S/C28H25FN2O3/c1-34-24-12-6-19(7-13-24)14-17-31-27(32)25(21-8-10-23(29)11-9-21)26(28(31)33)30-16-15-20-4-2-3-5-22(20)18-30/h2-13H,14-18H2,1H3. The molecule has 2 aliphatic rings. The molecule has 2 heterocycles. The Labute approximate surface area is 198 Å². The lowest BCUT2D eigenvalue weighted by atomic mass is 9.98. The van der Waals surface area contributed by atoms with Gasteiger partial charge in [0.15, 0.2) is 0 Å². The third-order valence-corrected chi connectivity index (χ3v) is 6.51. The minimum atomic E-state index is -0.383. The first kappa shape index (κ1) is 21.9. The molecule has 0 N–H and O–H groups in total. The summed E-state index contributed by atoms with van der Waals surface area (Å²) in [5.74, 6) is -0.257. The number of amides is 2. The fourth-order valence-corrected chi connectivity index (χ4v) is 4.66. The zero-order valence-corrected chi connectivity index (χ0v) is 19.0. The number of imide groups is 1. The van der Waals surface area contributed by atoms with Crippen molar-refractivity contribution in [2.75, 3.05) is 20.2 Å². The van der Waals surface area contributed by atoms with E-state index in [1.165, 1.54) is 22.6 Å². The molecule has 2 amide bonds. The highest BCUT2D eigenvalue weighted by atomic mass is 19.1. The maximum Gasteiger partial charge on any atom is 0.277 e. The number of halogens is 1. The fraction of sp³-hybridized carbons (Fsp3) is 0.214. The zero-order chi connectivity index (χ0) is 23.7. The van der Waals surface area contributed by atoms with Gasteiger partial charge >= 0.3 is 0 Å². The van der Waals surface area contributed by atoms with Gasteiger partial charge in [-0.25, -0.2) is 4.39 Å². The SMILES string of the molecule is COc1ccc(CCN2C(=O)C(c3ccc(F)cc3)=C(N3CCc4ccccc4C3)C2=O)cc1. The molecule has 0 radical (unpaired) electrons. The number of fused-ring (bicyclic) bond motifs is 1. The summed E-state index contributed by atoms with van der Waals surface area (Å²) in [6, 6.07) is 21.5. The van der Waals surface area contributed by atoms with Gasteiger partial charge in [-0.15, -0.1) is 0 Å². The summed E-state index contributed by atoms with van der Waals surface area (Å²) in [5.41, 5.74) is 4.72. The number of carbonyl (C=O) groups excluding carboxylic acids is 2. The molecule has 0 fully saturated rings. The lowest BCUT2D eigenvalue weighted by molar-refractivity contribution is -0.137. The van der Waals surface area contributed by atoms with Crippen molar-refractivity contribution < 1.29 is 18.7 Å². The van der Waals surface area contributed by atoms with Crippen LogP contribution in [0, 0.1) is 5.82 Å². The largest absolute Gasteiger partial charge is 0.497 e. The van der Waals surface area contributed by atoms with Crippen molar-refractivity contribution in [2.45, 2.75) is 19.4 Å². The average Bonchev–Trinajstić information content (AvgIpc) is 3.12. The first-order valence-corrected chi connectivity index (χ1v) is 11.4. The topological polar surface area (TPSA) is 49.9 Å². The van der Waals surface area contributed by atoms with Crippen LogP contribution in [0.15, 0.2) is 78.5 Å². The first-order valence-electron chi connectivity index (χ1n) is 11.4. The number of rotatable bonds is 6. The van der Waals surface area contributed by atoms with E-state index < -0.39 is 0 Å². The molecule has 6 heteroatoms. The summed E-state index contributed by atoms with van der Waals surface area (Å²) in [6.45, 7) is 1.46. The smallest absolute Gasteiger partial charge is 0.277 e. The molecule has 0 atom stereocenters. The third-order valence-electron chi connectivity index (χ3n) is 6.51. The molecule has 5 nitrogen and oxygen atoms in total. The predicted molar refractivity (Wildman–Crippen MR) is 127 cm³/mol. The molecule has 3 aromatic rings. The Kier molecular flexibility index (Phi) is 5.88. The van der Waals surface area contributed by atoms with Crippen molar-refractivity contribution in [2.24, 2.45) is 0 Å². The highest BCUT2D eigenvalue weighted by Gasteiger charge is 2.41. The molecule has 0 bridgehead atoms. The van der Waals surface area contributed by atoms with Crippen molar-refractivity contribution >= 4 is 17.4 Å². The number of nitrogens with zero attached hydrogens (tertiary/aromatic N) is 2. The first-order chi connectivity index (χ1) is 16.5. The van der Waals surface area contributed by atoms with Gasteiger partial charge in [-0.1, -0.05) is 48.5 Å². The van der Waals surface area contributed by atoms with Crippen LogP contribution in [-0.4, -0.2) is 41.8 Å². The molecule has 5 rings (SSSR count). The van der Waals surface area contributed by atoms with Crippen molar-refractivity contribution in [3.63, 3.8) is 0 Å². The van der Waals surface area contributed by atoms with Gasteiger partial charge in [0.2, 0.25) is 0 Å². The van der Waals surface area contributed by atoms with Crippen LogP contribution in [0.4, 0.5) is 4.39 Å². The summed E-state index contributed by atoms with van der Waals surface area (Å²) in [7, 11) is 1.61. The summed E-state index contributed by atoms with van der Waals surface area (Å²) >= 11 is 0. The van der Waals surface area contributed by atoms with Crippen LogP contribution < -0.4 is 4.74 Å². The molecular weight excluding hydrogens is 431 g/mol.